The van der Waals surface area contributed by atoms with Crippen molar-refractivity contribution >= 4 is 24.7 Å². The number of allylic oxidation sites excluding steroid dienone is 4. The number of aliphatic hydroxyl groups is 1. The predicted octanol–water partition coefficient (Wildman–Crippen LogP) is 8.33. The summed E-state index contributed by atoms with van der Waals surface area (Å²) in [7, 11) is 0.182. The van der Waals surface area contributed by atoms with Gasteiger partial charge in [0.1, 0.15) is 17.1 Å². The molecule has 0 saturated carbocycles. The predicted molar refractivity (Wildman–Crippen MR) is 201 cm³/mol. The average Bonchev–Trinajstić information content (AvgIpc) is 3.33. The maximum atomic E-state index is 14.0. The van der Waals surface area contributed by atoms with Gasteiger partial charge in [0.05, 0.1) is 26.2 Å². The number of benzene rings is 3. The van der Waals surface area contributed by atoms with Gasteiger partial charge in [-0.25, -0.2) is 0 Å². The summed E-state index contributed by atoms with van der Waals surface area (Å²) in [5.41, 5.74) is 2.27. The van der Waals surface area contributed by atoms with Gasteiger partial charge in [-0.3, -0.25) is 4.79 Å². The molecule has 49 heavy (non-hydrogen) atoms. The third-order valence-electron chi connectivity index (χ3n) is 10.0. The zero-order valence-corrected chi connectivity index (χ0v) is 31.9. The molecule has 0 aliphatic carbocycles. The van der Waals surface area contributed by atoms with E-state index in [0.29, 0.717) is 23.5 Å². The minimum absolute atomic E-state index is 0.235. The van der Waals surface area contributed by atoms with Crippen LogP contribution in [0.1, 0.15) is 85.8 Å². The van der Waals surface area contributed by atoms with E-state index in [-0.39, 0.29) is 11.6 Å². The Balaban J connectivity index is 1.77. The first-order valence-corrected chi connectivity index (χ1v) is 19.3. The molecule has 1 unspecified atom stereocenters. The second kappa shape index (κ2) is 16.4. The second-order valence-corrected chi connectivity index (χ2v) is 19.1. The van der Waals surface area contributed by atoms with Gasteiger partial charge in [0.2, 0.25) is 0 Å². The lowest BCUT2D eigenvalue weighted by molar-refractivity contribution is -0.152. The van der Waals surface area contributed by atoms with Crippen molar-refractivity contribution in [2.75, 3.05) is 20.8 Å². The minimum Gasteiger partial charge on any atom is -0.497 e. The molecule has 7 heteroatoms. The van der Waals surface area contributed by atoms with Gasteiger partial charge < -0.3 is 23.7 Å². The summed E-state index contributed by atoms with van der Waals surface area (Å²) in [4.78, 5) is 14.0. The number of carbonyl (C=O) groups excluding carboxylic acids is 1. The molecule has 6 nitrogen and oxygen atoms in total. The topological polar surface area (TPSA) is 74.2 Å². The van der Waals surface area contributed by atoms with E-state index in [1.165, 1.54) is 11.1 Å². The SMILES string of the molecule is COc1ccc(C(O)[C@H]2C(=O)O[C@](C)(CC/C=C(\C)CCC=C(C)C)[C@@H]2CO[Si](c2ccccc2)(c2ccccc2)C(C)(C)C)c(OC)c1. The highest BCUT2D eigenvalue weighted by Crippen LogP contribution is 2.49. The number of carbonyl (C=O) groups is 1. The fourth-order valence-corrected chi connectivity index (χ4v) is 11.9. The van der Waals surface area contributed by atoms with Gasteiger partial charge in [-0.1, -0.05) is 105 Å². The molecule has 1 aliphatic heterocycles. The summed E-state index contributed by atoms with van der Waals surface area (Å²) in [5.74, 6) is -0.677. The van der Waals surface area contributed by atoms with Crippen molar-refractivity contribution < 1.29 is 28.5 Å². The zero-order valence-electron chi connectivity index (χ0n) is 30.9. The number of hydrogen-bond acceptors (Lipinski definition) is 6. The smallest absolute Gasteiger partial charge is 0.313 e. The van der Waals surface area contributed by atoms with Crippen molar-refractivity contribution in [3.05, 3.63) is 108 Å². The minimum atomic E-state index is -2.96. The molecule has 4 rings (SSSR count). The largest absolute Gasteiger partial charge is 0.497 e. The van der Waals surface area contributed by atoms with Crippen molar-refractivity contribution in [3.63, 3.8) is 0 Å². The van der Waals surface area contributed by atoms with Gasteiger partial charge in [0, 0.05) is 24.2 Å². The maximum Gasteiger partial charge on any atom is 0.313 e. The van der Waals surface area contributed by atoms with Crippen molar-refractivity contribution in [1.82, 2.24) is 0 Å². The molecule has 1 N–H and O–H groups in total. The lowest BCUT2D eigenvalue weighted by Gasteiger charge is -2.44. The van der Waals surface area contributed by atoms with Gasteiger partial charge in [0.25, 0.3) is 8.32 Å². The summed E-state index contributed by atoms with van der Waals surface area (Å²) in [6.45, 7) is 15.4. The lowest BCUT2D eigenvalue weighted by atomic mass is 9.76. The van der Waals surface area contributed by atoms with E-state index in [1.807, 2.05) is 19.1 Å². The third kappa shape index (κ3) is 8.57. The normalized spacial score (nSPS) is 20.4. The fourth-order valence-electron chi connectivity index (χ4n) is 7.31. The lowest BCUT2D eigenvalue weighted by Crippen LogP contribution is -2.67. The van der Waals surface area contributed by atoms with Gasteiger partial charge >= 0.3 is 5.97 Å². The molecular formula is C42H56O6Si. The summed E-state index contributed by atoms with van der Waals surface area (Å²) >= 11 is 0. The van der Waals surface area contributed by atoms with E-state index in [1.54, 1.807) is 32.4 Å². The van der Waals surface area contributed by atoms with Crippen LogP contribution in [0.3, 0.4) is 0 Å². The van der Waals surface area contributed by atoms with Gasteiger partial charge in [0.15, 0.2) is 0 Å². The van der Waals surface area contributed by atoms with Crippen molar-refractivity contribution in [3.8, 4) is 11.5 Å². The van der Waals surface area contributed by atoms with Crippen LogP contribution < -0.4 is 19.8 Å². The molecule has 3 aromatic rings. The number of aliphatic hydroxyl groups excluding tert-OH is 1. The number of hydrogen-bond donors (Lipinski definition) is 1. The van der Waals surface area contributed by atoms with E-state index < -0.39 is 37.8 Å². The number of cyclic esters (lactones) is 1. The number of esters is 1. The van der Waals surface area contributed by atoms with E-state index >= 15 is 0 Å². The van der Waals surface area contributed by atoms with Crippen LogP contribution in [-0.2, 0) is 14.0 Å². The van der Waals surface area contributed by atoms with Gasteiger partial charge in [-0.15, -0.1) is 0 Å². The third-order valence-corrected chi connectivity index (χ3v) is 15.0. The van der Waals surface area contributed by atoms with Crippen LogP contribution in [0.15, 0.2) is 102 Å². The Bertz CT molecular complexity index is 1550. The van der Waals surface area contributed by atoms with E-state index in [0.717, 1.165) is 29.6 Å². The molecule has 0 spiro atoms. The first kappa shape index (κ1) is 38.2. The highest BCUT2D eigenvalue weighted by Gasteiger charge is 2.58. The molecule has 1 aliphatic rings. The standard InChI is InChI=1S/C42H56O6Si/c1-30(2)18-16-19-31(3)20-17-27-42(7)36(38(40(44)48-42)39(43)35-26-25-32(45-8)28-37(35)46-9)29-47-49(41(4,5)6,33-21-12-10-13-22-33)34-23-14-11-15-24-34/h10-15,18,20-26,28,36,38-39,43H,16-17,19,27,29H2,1-9H3/b31-20+/t36-,38+,39?,42-/m1/s1. The molecule has 1 fully saturated rings. The van der Waals surface area contributed by atoms with Crippen LogP contribution in [0.25, 0.3) is 0 Å². The van der Waals surface area contributed by atoms with E-state index in [4.69, 9.17) is 18.6 Å². The Morgan fingerprint density at radius 2 is 1.53 bits per heavy atom. The Morgan fingerprint density at radius 3 is 2.06 bits per heavy atom. The molecule has 0 amide bonds. The van der Waals surface area contributed by atoms with E-state index in [2.05, 4.69) is 102 Å². The van der Waals surface area contributed by atoms with Crippen LogP contribution >= 0.6 is 0 Å². The summed E-state index contributed by atoms with van der Waals surface area (Å²) in [6.07, 6.45) is 6.68. The number of methoxy groups -OCH3 is 2. The van der Waals surface area contributed by atoms with Crippen molar-refractivity contribution in [2.24, 2.45) is 11.8 Å². The number of ether oxygens (including phenoxy) is 3. The fraction of sp³-hybridized carbons (Fsp3) is 0.452. The van der Waals surface area contributed by atoms with Gasteiger partial charge in [-0.05, 0) is 80.9 Å². The zero-order chi connectivity index (χ0) is 35.8. The van der Waals surface area contributed by atoms with Crippen LogP contribution in [0, 0.1) is 11.8 Å². The van der Waals surface area contributed by atoms with Crippen LogP contribution in [0.5, 0.6) is 11.5 Å². The van der Waals surface area contributed by atoms with Crippen LogP contribution in [-0.4, -0.2) is 45.8 Å². The van der Waals surface area contributed by atoms with Crippen molar-refractivity contribution in [1.29, 1.82) is 0 Å². The summed E-state index contributed by atoms with van der Waals surface area (Å²) in [6, 6.07) is 26.2. The molecule has 3 aromatic carbocycles. The summed E-state index contributed by atoms with van der Waals surface area (Å²) in [5, 5.41) is 14.1. The Labute approximate surface area is 295 Å². The highest BCUT2D eigenvalue weighted by atomic mass is 28.4. The van der Waals surface area contributed by atoms with Crippen molar-refractivity contribution in [2.45, 2.75) is 90.9 Å². The Kier molecular flexibility index (Phi) is 12.7. The molecule has 1 saturated heterocycles. The molecule has 4 atom stereocenters. The van der Waals surface area contributed by atoms with Crippen LogP contribution in [0.4, 0.5) is 0 Å². The quantitative estimate of drug-likeness (QED) is 0.0986. The highest BCUT2D eigenvalue weighted by molar-refractivity contribution is 6.99. The van der Waals surface area contributed by atoms with Gasteiger partial charge in [-0.2, -0.15) is 0 Å². The number of rotatable bonds is 15. The molecule has 264 valence electrons. The summed E-state index contributed by atoms with van der Waals surface area (Å²) < 4.78 is 24.8. The Morgan fingerprint density at radius 1 is 0.918 bits per heavy atom. The molecule has 1 heterocycles. The Hall–Kier alpha value is -3.65. The molecule has 0 aromatic heterocycles. The second-order valence-electron chi connectivity index (χ2n) is 14.8. The molecule has 0 bridgehead atoms. The monoisotopic (exact) mass is 684 g/mol. The average molecular weight is 685 g/mol. The van der Waals surface area contributed by atoms with Crippen LogP contribution in [0.2, 0.25) is 5.04 Å². The molecule has 0 radical (unpaired) electrons. The maximum absolute atomic E-state index is 14.0. The van der Waals surface area contributed by atoms with E-state index in [9.17, 15) is 9.90 Å². The first-order chi connectivity index (χ1) is 23.3. The first-order valence-electron chi connectivity index (χ1n) is 17.4. The molecular weight excluding hydrogens is 629 g/mol.